The van der Waals surface area contributed by atoms with Crippen LogP contribution in [-0.2, 0) is 13.0 Å². The molecule has 0 unspecified atom stereocenters. The average Bonchev–Trinajstić information content (AvgIpc) is 2.67. The van der Waals surface area contributed by atoms with Crippen LogP contribution in [0.2, 0.25) is 0 Å². The number of hydrogen-bond donors (Lipinski definition) is 1. The first kappa shape index (κ1) is 19.2. The molecule has 0 radical (unpaired) electrons. The summed E-state index contributed by atoms with van der Waals surface area (Å²) in [6, 6.07) is 22.8. The third-order valence-corrected chi connectivity index (χ3v) is 5.24. The second-order valence-electron chi connectivity index (χ2n) is 6.60. The van der Waals surface area contributed by atoms with E-state index in [1.807, 2.05) is 66.4 Å². The molecule has 3 aromatic rings. The molecule has 0 bridgehead atoms. The van der Waals surface area contributed by atoms with E-state index in [2.05, 4.69) is 22.0 Å². The first-order chi connectivity index (χ1) is 13.0. The van der Waals surface area contributed by atoms with Crippen LogP contribution in [0.15, 0.2) is 77.3 Å². The topological polar surface area (TPSA) is 40.5 Å². The number of amides is 1. The fraction of sp³-hybridized carbons (Fsp3) is 0.174. The number of aromatic hydroxyl groups is 1. The standard InChI is InChI=1S/C23H22BrNO2/c1-17-5-4-7-20(15-17)23(27)25(16-18-9-11-21(26)12-10-18)14-13-19-6-2-3-8-22(19)24/h2-12,15,26H,13-14,16H2,1H3. The molecule has 0 aliphatic carbocycles. The highest BCUT2D eigenvalue weighted by Gasteiger charge is 2.17. The number of phenolic OH excluding ortho intramolecular Hbond substituents is 1. The molecule has 3 rings (SSSR count). The number of nitrogens with zero attached hydrogens (tertiary/aromatic N) is 1. The van der Waals surface area contributed by atoms with Gasteiger partial charge in [0.25, 0.3) is 5.91 Å². The van der Waals surface area contributed by atoms with Gasteiger partial charge in [0.15, 0.2) is 0 Å². The maximum atomic E-state index is 13.1. The lowest BCUT2D eigenvalue weighted by Crippen LogP contribution is -2.32. The Balaban J connectivity index is 1.82. The maximum Gasteiger partial charge on any atom is 0.254 e. The highest BCUT2D eigenvalue weighted by molar-refractivity contribution is 9.10. The quantitative estimate of drug-likeness (QED) is 0.580. The normalized spacial score (nSPS) is 10.6. The third kappa shape index (κ3) is 5.20. The Kier molecular flexibility index (Phi) is 6.30. The van der Waals surface area contributed by atoms with E-state index in [4.69, 9.17) is 0 Å². The summed E-state index contributed by atoms with van der Waals surface area (Å²) >= 11 is 3.58. The first-order valence-electron chi connectivity index (χ1n) is 8.90. The Labute approximate surface area is 168 Å². The van der Waals surface area contributed by atoms with Gasteiger partial charge in [0, 0.05) is 23.1 Å². The van der Waals surface area contributed by atoms with Gasteiger partial charge in [-0.2, -0.15) is 0 Å². The summed E-state index contributed by atoms with van der Waals surface area (Å²) < 4.78 is 1.05. The lowest BCUT2D eigenvalue weighted by atomic mass is 10.1. The number of hydrogen-bond acceptors (Lipinski definition) is 2. The summed E-state index contributed by atoms with van der Waals surface area (Å²) in [7, 11) is 0. The van der Waals surface area contributed by atoms with Gasteiger partial charge in [-0.25, -0.2) is 0 Å². The van der Waals surface area contributed by atoms with Crippen molar-refractivity contribution in [3.05, 3.63) is 99.5 Å². The van der Waals surface area contributed by atoms with Gasteiger partial charge in [-0.05, 0) is 54.8 Å². The van der Waals surface area contributed by atoms with Gasteiger partial charge in [0.1, 0.15) is 5.75 Å². The van der Waals surface area contributed by atoms with Crippen molar-refractivity contribution in [3.8, 4) is 5.75 Å². The lowest BCUT2D eigenvalue weighted by molar-refractivity contribution is 0.0745. The summed E-state index contributed by atoms with van der Waals surface area (Å²) in [5.41, 5.74) is 3.92. The van der Waals surface area contributed by atoms with Crippen molar-refractivity contribution in [2.24, 2.45) is 0 Å². The molecule has 0 saturated heterocycles. The third-order valence-electron chi connectivity index (χ3n) is 4.47. The van der Waals surface area contributed by atoms with Crippen molar-refractivity contribution in [1.82, 2.24) is 4.90 Å². The lowest BCUT2D eigenvalue weighted by Gasteiger charge is -2.23. The number of aryl methyl sites for hydroxylation is 1. The summed E-state index contributed by atoms with van der Waals surface area (Å²) in [6.45, 7) is 3.09. The molecule has 1 amide bonds. The van der Waals surface area contributed by atoms with E-state index in [1.165, 1.54) is 5.56 Å². The Hall–Kier alpha value is -2.59. The zero-order chi connectivity index (χ0) is 19.2. The predicted molar refractivity (Wildman–Crippen MR) is 112 cm³/mol. The van der Waals surface area contributed by atoms with E-state index >= 15 is 0 Å². The van der Waals surface area contributed by atoms with Crippen LogP contribution < -0.4 is 0 Å². The molecule has 0 heterocycles. The number of benzene rings is 3. The van der Waals surface area contributed by atoms with E-state index in [1.54, 1.807) is 12.1 Å². The Morgan fingerprint density at radius 1 is 1.00 bits per heavy atom. The molecule has 3 nitrogen and oxygen atoms in total. The SMILES string of the molecule is Cc1cccc(C(=O)N(CCc2ccccc2Br)Cc2ccc(O)cc2)c1. The van der Waals surface area contributed by atoms with Crippen LogP contribution in [-0.4, -0.2) is 22.5 Å². The summed E-state index contributed by atoms with van der Waals surface area (Å²) in [6.07, 6.45) is 0.761. The van der Waals surface area contributed by atoms with Crippen molar-refractivity contribution in [2.45, 2.75) is 19.9 Å². The monoisotopic (exact) mass is 423 g/mol. The number of phenols is 1. The minimum absolute atomic E-state index is 0.0128. The molecule has 4 heteroatoms. The van der Waals surface area contributed by atoms with Gasteiger partial charge >= 0.3 is 0 Å². The molecule has 0 atom stereocenters. The van der Waals surface area contributed by atoms with E-state index < -0.39 is 0 Å². The van der Waals surface area contributed by atoms with E-state index in [0.29, 0.717) is 18.7 Å². The van der Waals surface area contributed by atoms with Gasteiger partial charge in [-0.15, -0.1) is 0 Å². The molecule has 0 fully saturated rings. The van der Waals surface area contributed by atoms with E-state index in [9.17, 15) is 9.90 Å². The van der Waals surface area contributed by atoms with Crippen LogP contribution >= 0.6 is 15.9 Å². The van der Waals surface area contributed by atoms with Crippen molar-refractivity contribution in [2.75, 3.05) is 6.54 Å². The van der Waals surface area contributed by atoms with Crippen LogP contribution in [0, 0.1) is 6.92 Å². The minimum Gasteiger partial charge on any atom is -0.508 e. The summed E-state index contributed by atoms with van der Waals surface area (Å²) in [4.78, 5) is 15.0. The van der Waals surface area contributed by atoms with Crippen LogP contribution in [0.5, 0.6) is 5.75 Å². The van der Waals surface area contributed by atoms with E-state index in [-0.39, 0.29) is 11.7 Å². The molecular formula is C23H22BrNO2. The van der Waals surface area contributed by atoms with Crippen molar-refractivity contribution < 1.29 is 9.90 Å². The van der Waals surface area contributed by atoms with E-state index in [0.717, 1.165) is 22.0 Å². The highest BCUT2D eigenvalue weighted by Crippen LogP contribution is 2.19. The van der Waals surface area contributed by atoms with Crippen LogP contribution in [0.3, 0.4) is 0 Å². The first-order valence-corrected chi connectivity index (χ1v) is 9.69. The van der Waals surface area contributed by atoms with Crippen molar-refractivity contribution in [1.29, 1.82) is 0 Å². The largest absolute Gasteiger partial charge is 0.508 e. The fourth-order valence-electron chi connectivity index (χ4n) is 2.99. The minimum atomic E-state index is 0.0128. The predicted octanol–water partition coefficient (Wildman–Crippen LogP) is 5.35. The van der Waals surface area contributed by atoms with Gasteiger partial charge in [-0.3, -0.25) is 4.79 Å². The zero-order valence-electron chi connectivity index (χ0n) is 15.2. The number of rotatable bonds is 6. The van der Waals surface area contributed by atoms with Gasteiger partial charge in [-0.1, -0.05) is 64.0 Å². The Morgan fingerprint density at radius 3 is 2.44 bits per heavy atom. The maximum absolute atomic E-state index is 13.1. The summed E-state index contributed by atoms with van der Waals surface area (Å²) in [5, 5.41) is 9.51. The second-order valence-corrected chi connectivity index (χ2v) is 7.46. The molecule has 0 saturated carbocycles. The molecule has 1 N–H and O–H groups in total. The van der Waals surface area contributed by atoms with Gasteiger partial charge in [0.2, 0.25) is 0 Å². The highest BCUT2D eigenvalue weighted by atomic mass is 79.9. The van der Waals surface area contributed by atoms with Crippen LogP contribution in [0.4, 0.5) is 0 Å². The number of carbonyl (C=O) groups excluding carboxylic acids is 1. The van der Waals surface area contributed by atoms with Gasteiger partial charge < -0.3 is 10.0 Å². The number of carbonyl (C=O) groups is 1. The zero-order valence-corrected chi connectivity index (χ0v) is 16.8. The molecule has 3 aromatic carbocycles. The fourth-order valence-corrected chi connectivity index (χ4v) is 3.47. The molecule has 138 valence electrons. The number of halogens is 1. The van der Waals surface area contributed by atoms with Gasteiger partial charge in [0.05, 0.1) is 0 Å². The molecule has 27 heavy (non-hydrogen) atoms. The summed E-state index contributed by atoms with van der Waals surface area (Å²) in [5.74, 6) is 0.238. The molecule has 0 aromatic heterocycles. The molecule has 0 aliphatic rings. The molecule has 0 spiro atoms. The Bertz CT molecular complexity index is 922. The molecule has 0 aliphatic heterocycles. The average molecular weight is 424 g/mol. The van der Waals surface area contributed by atoms with Crippen molar-refractivity contribution in [3.63, 3.8) is 0 Å². The second kappa shape index (κ2) is 8.87. The molecular weight excluding hydrogens is 402 g/mol. The van der Waals surface area contributed by atoms with Crippen LogP contribution in [0.25, 0.3) is 0 Å². The van der Waals surface area contributed by atoms with Crippen molar-refractivity contribution >= 4 is 21.8 Å². The smallest absolute Gasteiger partial charge is 0.254 e. The van der Waals surface area contributed by atoms with Crippen LogP contribution in [0.1, 0.15) is 27.0 Å². The Morgan fingerprint density at radius 2 is 1.74 bits per heavy atom.